The molecule has 0 saturated heterocycles. The molecule has 4 rings (SSSR count). The standard InChI is InChI=1S/C21H28O3/c1-20-8-6-14(22)11-18(20)13(12-24-3)10-15-16-4-5-19(23)21(16,2)9-7-17(15)20/h6,8,11,13,15-17H,4-5,7,9-10,12H2,1-3H3/t13-,15+,16+,17+,20-,21+/m1/s1. The van der Waals surface area contributed by atoms with Gasteiger partial charge >= 0.3 is 0 Å². The third kappa shape index (κ3) is 2.06. The van der Waals surface area contributed by atoms with Crippen molar-refractivity contribution in [2.75, 3.05) is 13.7 Å². The molecule has 0 aromatic rings. The molecular formula is C21H28O3. The summed E-state index contributed by atoms with van der Waals surface area (Å²) in [6.07, 6.45) is 10.8. The van der Waals surface area contributed by atoms with E-state index in [0.717, 1.165) is 32.1 Å². The van der Waals surface area contributed by atoms with Crippen LogP contribution in [0.2, 0.25) is 0 Å². The van der Waals surface area contributed by atoms with E-state index in [4.69, 9.17) is 4.74 Å². The fraction of sp³-hybridized carbons (Fsp3) is 0.714. The normalized spacial score (nSPS) is 47.0. The van der Waals surface area contributed by atoms with Gasteiger partial charge in [0.1, 0.15) is 5.78 Å². The number of hydrogen-bond donors (Lipinski definition) is 0. The van der Waals surface area contributed by atoms with Gasteiger partial charge in [0.25, 0.3) is 0 Å². The van der Waals surface area contributed by atoms with Crippen LogP contribution in [0.25, 0.3) is 0 Å². The molecule has 0 amide bonds. The Bertz CT molecular complexity index is 645. The average molecular weight is 328 g/mol. The number of Topliss-reactive ketones (excluding diaryl/α,β-unsaturated/α-hetero) is 1. The summed E-state index contributed by atoms with van der Waals surface area (Å²) < 4.78 is 5.50. The van der Waals surface area contributed by atoms with Crippen LogP contribution in [0.3, 0.4) is 0 Å². The minimum absolute atomic E-state index is 0.0486. The molecule has 0 aromatic carbocycles. The Morgan fingerprint density at radius 1 is 1.21 bits per heavy atom. The molecule has 0 aromatic heterocycles. The molecule has 0 N–H and O–H groups in total. The lowest BCUT2D eigenvalue weighted by molar-refractivity contribution is -0.132. The quantitative estimate of drug-likeness (QED) is 0.775. The number of fused-ring (bicyclic) bond motifs is 5. The minimum atomic E-state index is -0.107. The third-order valence-corrected chi connectivity index (χ3v) is 7.79. The molecule has 0 heterocycles. The van der Waals surface area contributed by atoms with Crippen molar-refractivity contribution in [3.63, 3.8) is 0 Å². The molecule has 3 heteroatoms. The van der Waals surface area contributed by atoms with Crippen molar-refractivity contribution in [3.8, 4) is 0 Å². The molecule has 4 aliphatic carbocycles. The van der Waals surface area contributed by atoms with Crippen molar-refractivity contribution in [1.29, 1.82) is 0 Å². The average Bonchev–Trinajstić information content (AvgIpc) is 2.85. The lowest BCUT2D eigenvalue weighted by atomic mass is 9.46. The maximum absolute atomic E-state index is 12.5. The second-order valence-electron chi connectivity index (χ2n) is 8.80. The van der Waals surface area contributed by atoms with Crippen molar-refractivity contribution in [2.24, 2.45) is 34.5 Å². The fourth-order valence-corrected chi connectivity index (χ4v) is 6.55. The van der Waals surface area contributed by atoms with E-state index in [1.807, 2.05) is 6.08 Å². The highest BCUT2D eigenvalue weighted by atomic mass is 16.5. The number of rotatable bonds is 2. The lowest BCUT2D eigenvalue weighted by Gasteiger charge is -2.57. The summed E-state index contributed by atoms with van der Waals surface area (Å²) in [4.78, 5) is 24.5. The van der Waals surface area contributed by atoms with Crippen molar-refractivity contribution in [3.05, 3.63) is 23.8 Å². The first-order valence-corrected chi connectivity index (χ1v) is 9.37. The van der Waals surface area contributed by atoms with Crippen LogP contribution in [0.4, 0.5) is 0 Å². The Morgan fingerprint density at radius 3 is 2.75 bits per heavy atom. The SMILES string of the molecule is COC[C@H]1C[C@@H]2[C@H](CC[C@]3(C)C(=O)CC[C@@H]23)[C@@]2(C)C=CC(=O)C=C12. The van der Waals surface area contributed by atoms with E-state index in [9.17, 15) is 9.59 Å². The Hall–Kier alpha value is -1.22. The van der Waals surface area contributed by atoms with Gasteiger partial charge in [-0.1, -0.05) is 25.5 Å². The molecule has 3 fully saturated rings. The monoisotopic (exact) mass is 328 g/mol. The summed E-state index contributed by atoms with van der Waals surface area (Å²) in [6, 6.07) is 0. The maximum Gasteiger partial charge on any atom is 0.178 e. The zero-order valence-electron chi connectivity index (χ0n) is 15.0. The Balaban J connectivity index is 1.75. The van der Waals surface area contributed by atoms with Crippen LogP contribution in [-0.4, -0.2) is 25.3 Å². The highest BCUT2D eigenvalue weighted by Crippen LogP contribution is 2.64. The fourth-order valence-electron chi connectivity index (χ4n) is 6.55. The largest absolute Gasteiger partial charge is 0.384 e. The van der Waals surface area contributed by atoms with Gasteiger partial charge in [0, 0.05) is 30.3 Å². The highest BCUT2D eigenvalue weighted by molar-refractivity contribution is 6.01. The molecule has 0 spiro atoms. The number of carbonyl (C=O) groups is 2. The van der Waals surface area contributed by atoms with Gasteiger partial charge < -0.3 is 4.74 Å². The molecular weight excluding hydrogens is 300 g/mol. The predicted molar refractivity (Wildman–Crippen MR) is 92.4 cm³/mol. The number of ether oxygens (including phenoxy) is 1. The summed E-state index contributed by atoms with van der Waals surface area (Å²) in [5.74, 6) is 2.51. The first kappa shape index (κ1) is 16.3. The molecule has 6 atom stereocenters. The van der Waals surface area contributed by atoms with Crippen LogP contribution < -0.4 is 0 Å². The second kappa shape index (κ2) is 5.39. The van der Waals surface area contributed by atoms with Crippen molar-refractivity contribution < 1.29 is 14.3 Å². The van der Waals surface area contributed by atoms with E-state index >= 15 is 0 Å². The zero-order valence-corrected chi connectivity index (χ0v) is 15.0. The molecule has 4 aliphatic rings. The summed E-state index contributed by atoms with van der Waals surface area (Å²) in [5, 5.41) is 0. The first-order valence-electron chi connectivity index (χ1n) is 9.37. The van der Waals surface area contributed by atoms with E-state index in [1.54, 1.807) is 13.2 Å². The van der Waals surface area contributed by atoms with Gasteiger partial charge in [0.2, 0.25) is 0 Å². The molecule has 0 radical (unpaired) electrons. The van der Waals surface area contributed by atoms with E-state index in [-0.39, 0.29) is 16.6 Å². The Kier molecular flexibility index (Phi) is 3.65. The molecule has 3 nitrogen and oxygen atoms in total. The number of carbonyl (C=O) groups excluding carboxylic acids is 2. The van der Waals surface area contributed by atoms with Gasteiger partial charge in [-0.05, 0) is 55.6 Å². The summed E-state index contributed by atoms with van der Waals surface area (Å²) in [6.45, 7) is 5.19. The predicted octanol–water partition coefficient (Wildman–Crippen LogP) is 3.74. The molecule has 0 aliphatic heterocycles. The maximum atomic E-state index is 12.5. The van der Waals surface area contributed by atoms with Gasteiger partial charge in [0.15, 0.2) is 5.78 Å². The summed E-state index contributed by atoms with van der Waals surface area (Å²) in [7, 11) is 1.74. The molecule has 24 heavy (non-hydrogen) atoms. The van der Waals surface area contributed by atoms with Crippen LogP contribution in [0, 0.1) is 34.5 Å². The Labute approximate surface area is 144 Å². The highest BCUT2D eigenvalue weighted by Gasteiger charge is 2.59. The van der Waals surface area contributed by atoms with Crippen LogP contribution in [0.15, 0.2) is 23.8 Å². The van der Waals surface area contributed by atoms with E-state index in [0.29, 0.717) is 36.1 Å². The van der Waals surface area contributed by atoms with Gasteiger partial charge in [-0.3, -0.25) is 9.59 Å². The number of allylic oxidation sites excluding steroid dienone is 3. The smallest absolute Gasteiger partial charge is 0.178 e. The number of methoxy groups -OCH3 is 1. The minimum Gasteiger partial charge on any atom is -0.384 e. The van der Waals surface area contributed by atoms with E-state index in [1.165, 1.54) is 5.57 Å². The summed E-state index contributed by atoms with van der Waals surface area (Å²) >= 11 is 0. The van der Waals surface area contributed by atoms with Crippen LogP contribution in [0.1, 0.15) is 46.0 Å². The number of hydrogen-bond acceptors (Lipinski definition) is 3. The number of ketones is 2. The Morgan fingerprint density at radius 2 is 2.00 bits per heavy atom. The van der Waals surface area contributed by atoms with Crippen LogP contribution >= 0.6 is 0 Å². The molecule has 130 valence electrons. The van der Waals surface area contributed by atoms with Gasteiger partial charge in [-0.2, -0.15) is 0 Å². The molecule has 0 bridgehead atoms. The van der Waals surface area contributed by atoms with E-state index < -0.39 is 0 Å². The van der Waals surface area contributed by atoms with Crippen molar-refractivity contribution in [2.45, 2.75) is 46.0 Å². The van der Waals surface area contributed by atoms with Crippen molar-refractivity contribution in [1.82, 2.24) is 0 Å². The van der Waals surface area contributed by atoms with Gasteiger partial charge in [-0.25, -0.2) is 0 Å². The lowest BCUT2D eigenvalue weighted by Crippen LogP contribution is -2.52. The van der Waals surface area contributed by atoms with E-state index in [2.05, 4.69) is 19.9 Å². The topological polar surface area (TPSA) is 43.4 Å². The molecule has 0 unspecified atom stereocenters. The first-order chi connectivity index (χ1) is 11.4. The van der Waals surface area contributed by atoms with Crippen LogP contribution in [0.5, 0.6) is 0 Å². The second-order valence-corrected chi connectivity index (χ2v) is 8.80. The van der Waals surface area contributed by atoms with Crippen LogP contribution in [-0.2, 0) is 14.3 Å². The third-order valence-electron chi connectivity index (χ3n) is 7.79. The van der Waals surface area contributed by atoms with Gasteiger partial charge in [0.05, 0.1) is 6.61 Å². The van der Waals surface area contributed by atoms with Crippen molar-refractivity contribution >= 4 is 11.6 Å². The summed E-state index contributed by atoms with van der Waals surface area (Å²) in [5.41, 5.74) is 1.11. The van der Waals surface area contributed by atoms with Gasteiger partial charge in [-0.15, -0.1) is 0 Å². The molecule has 3 saturated carbocycles. The zero-order chi connectivity index (χ0) is 17.1.